The summed E-state index contributed by atoms with van der Waals surface area (Å²) >= 11 is 7.29. The number of fused-ring (bicyclic) bond motifs is 1. The summed E-state index contributed by atoms with van der Waals surface area (Å²) in [7, 11) is -3.84. The van der Waals surface area contributed by atoms with Crippen LogP contribution in [0.4, 0.5) is 0 Å². The van der Waals surface area contributed by atoms with Crippen LogP contribution in [0.3, 0.4) is 0 Å². The molecule has 4 aromatic rings. The summed E-state index contributed by atoms with van der Waals surface area (Å²) in [5.41, 5.74) is 1.86. The second-order valence-electron chi connectivity index (χ2n) is 8.25. The average Bonchev–Trinajstić information content (AvgIpc) is 3.54. The van der Waals surface area contributed by atoms with Gasteiger partial charge >= 0.3 is 0 Å². The molecule has 0 aliphatic carbocycles. The van der Waals surface area contributed by atoms with E-state index in [2.05, 4.69) is 4.99 Å². The predicted octanol–water partition coefficient (Wildman–Crippen LogP) is 3.32. The van der Waals surface area contributed by atoms with Crippen molar-refractivity contribution in [1.82, 2.24) is 8.87 Å². The van der Waals surface area contributed by atoms with Gasteiger partial charge < -0.3 is 4.42 Å². The molecule has 0 fully saturated rings. The van der Waals surface area contributed by atoms with E-state index in [4.69, 9.17) is 16.0 Å². The summed E-state index contributed by atoms with van der Waals surface area (Å²) in [6.07, 6.45) is 1.68. The molecular weight excluding hydrogens is 506 g/mol. The molecule has 0 bridgehead atoms. The highest BCUT2D eigenvalue weighted by molar-refractivity contribution is 7.89. The summed E-state index contributed by atoms with van der Waals surface area (Å²) in [6.45, 7) is 3.41. The molecule has 5 rings (SSSR count). The van der Waals surface area contributed by atoms with Gasteiger partial charge in [0, 0.05) is 24.2 Å². The van der Waals surface area contributed by atoms with E-state index in [1.54, 1.807) is 34.9 Å². The third kappa shape index (κ3) is 5.04. The van der Waals surface area contributed by atoms with Gasteiger partial charge in [0.2, 0.25) is 10.0 Å². The van der Waals surface area contributed by atoms with Gasteiger partial charge in [-0.25, -0.2) is 8.42 Å². The number of furan rings is 1. The smallest absolute Gasteiger partial charge is 0.270 e. The van der Waals surface area contributed by atoms with Crippen molar-refractivity contribution in [2.45, 2.75) is 31.5 Å². The van der Waals surface area contributed by atoms with Crippen LogP contribution in [0.1, 0.15) is 22.6 Å². The Morgan fingerprint density at radius 2 is 1.83 bits per heavy atom. The summed E-state index contributed by atoms with van der Waals surface area (Å²) in [5.74, 6) is 0.951. The van der Waals surface area contributed by atoms with Crippen molar-refractivity contribution in [2.75, 3.05) is 6.54 Å². The molecule has 0 radical (unpaired) electrons. The minimum Gasteiger partial charge on any atom is -0.460 e. The third-order valence-electron chi connectivity index (χ3n) is 5.68. The first-order valence-electron chi connectivity index (χ1n) is 11.0. The van der Waals surface area contributed by atoms with Crippen LogP contribution < -0.4 is 14.9 Å². The predicted molar refractivity (Wildman–Crippen MR) is 136 cm³/mol. The van der Waals surface area contributed by atoms with Gasteiger partial charge in [-0.3, -0.25) is 14.4 Å². The van der Waals surface area contributed by atoms with E-state index in [1.807, 2.05) is 31.2 Å². The summed E-state index contributed by atoms with van der Waals surface area (Å²) in [6, 6.07) is 17.3. The number of benzene rings is 2. The Morgan fingerprint density at radius 3 is 2.54 bits per heavy atom. The van der Waals surface area contributed by atoms with Gasteiger partial charge in [-0.2, -0.15) is 4.31 Å². The van der Waals surface area contributed by atoms with E-state index in [0.29, 0.717) is 39.0 Å². The standard InChI is InChI=1S/C25H22ClN3O4S2/c1-17-2-4-18(5-3-17)15-28(35(31,32)22-10-6-19(26)7-11-22)16-21-9-8-20(33-21)14-23-24(30)29-13-12-27-25(29)34-23/h2-11,14H,12-13,15-16H2,1H3/b23-14-. The molecule has 0 unspecified atom stereocenters. The van der Waals surface area contributed by atoms with Crippen LogP contribution >= 0.6 is 22.9 Å². The fourth-order valence-corrected chi connectivity index (χ4v) is 6.34. The molecule has 1 aliphatic heterocycles. The molecule has 0 N–H and O–H groups in total. The van der Waals surface area contributed by atoms with Gasteiger partial charge in [-0.1, -0.05) is 52.8 Å². The number of thiazole rings is 1. The fourth-order valence-electron chi connectivity index (χ4n) is 3.81. The Kier molecular flexibility index (Phi) is 6.50. The number of hydrogen-bond donors (Lipinski definition) is 0. The molecule has 0 saturated carbocycles. The van der Waals surface area contributed by atoms with Crippen LogP contribution in [0.25, 0.3) is 6.08 Å². The highest BCUT2D eigenvalue weighted by atomic mass is 35.5. The molecule has 10 heteroatoms. The topological polar surface area (TPSA) is 84.9 Å². The Morgan fingerprint density at radius 1 is 1.09 bits per heavy atom. The molecule has 7 nitrogen and oxygen atoms in total. The van der Waals surface area contributed by atoms with E-state index in [1.165, 1.54) is 27.8 Å². The Labute approximate surface area is 211 Å². The molecule has 1 aliphatic rings. The zero-order chi connectivity index (χ0) is 24.6. The SMILES string of the molecule is Cc1ccc(CN(Cc2ccc(/C=c3\sc4n(c3=O)CCN=4)o2)S(=O)(=O)c2ccc(Cl)cc2)cc1. The van der Waals surface area contributed by atoms with Gasteiger partial charge in [0.15, 0.2) is 4.80 Å². The second kappa shape index (κ2) is 9.58. The Hall–Kier alpha value is -2.98. The summed E-state index contributed by atoms with van der Waals surface area (Å²) in [4.78, 5) is 17.7. The zero-order valence-electron chi connectivity index (χ0n) is 18.8. The summed E-state index contributed by atoms with van der Waals surface area (Å²) in [5, 5.41) is 0.462. The number of nitrogens with zero attached hydrogens (tertiary/aromatic N) is 3. The first-order valence-corrected chi connectivity index (χ1v) is 13.6. The molecule has 0 atom stereocenters. The van der Waals surface area contributed by atoms with E-state index in [9.17, 15) is 13.2 Å². The molecule has 0 amide bonds. The Bertz CT molecular complexity index is 1650. The van der Waals surface area contributed by atoms with Crippen LogP contribution in [-0.2, 0) is 29.7 Å². The van der Waals surface area contributed by atoms with Crippen molar-refractivity contribution in [2.24, 2.45) is 4.99 Å². The minimum atomic E-state index is -3.84. The lowest BCUT2D eigenvalue weighted by Crippen LogP contribution is -2.30. The van der Waals surface area contributed by atoms with Crippen molar-refractivity contribution in [1.29, 1.82) is 0 Å². The fraction of sp³-hybridized carbons (Fsp3) is 0.200. The van der Waals surface area contributed by atoms with Crippen LogP contribution in [0.5, 0.6) is 0 Å². The lowest BCUT2D eigenvalue weighted by atomic mass is 10.1. The first kappa shape index (κ1) is 23.7. The zero-order valence-corrected chi connectivity index (χ0v) is 21.2. The van der Waals surface area contributed by atoms with Crippen LogP contribution in [0.2, 0.25) is 5.02 Å². The summed E-state index contributed by atoms with van der Waals surface area (Å²) < 4.78 is 36.5. The van der Waals surface area contributed by atoms with Gasteiger partial charge in [-0.15, -0.1) is 0 Å². The third-order valence-corrected chi connectivity index (χ3v) is 8.78. The van der Waals surface area contributed by atoms with Crippen molar-refractivity contribution < 1.29 is 12.8 Å². The number of halogens is 1. The van der Waals surface area contributed by atoms with Gasteiger partial charge in [-0.05, 0) is 48.9 Å². The first-order chi connectivity index (χ1) is 16.8. The van der Waals surface area contributed by atoms with Crippen LogP contribution in [-0.4, -0.2) is 23.8 Å². The maximum Gasteiger partial charge on any atom is 0.270 e. The largest absolute Gasteiger partial charge is 0.460 e. The van der Waals surface area contributed by atoms with E-state index in [0.717, 1.165) is 11.1 Å². The van der Waals surface area contributed by atoms with Crippen molar-refractivity contribution in [3.63, 3.8) is 0 Å². The normalized spacial score (nSPS) is 13.9. The number of rotatable bonds is 7. The van der Waals surface area contributed by atoms with Crippen LogP contribution in [0, 0.1) is 6.92 Å². The van der Waals surface area contributed by atoms with Crippen molar-refractivity contribution in [3.8, 4) is 0 Å². The van der Waals surface area contributed by atoms with Crippen LogP contribution in [0.15, 0.2) is 79.8 Å². The minimum absolute atomic E-state index is 0.0297. The van der Waals surface area contributed by atoms with Gasteiger partial charge in [0.1, 0.15) is 11.5 Å². The molecule has 2 aromatic carbocycles. The number of sulfonamides is 1. The molecular formula is C25H22ClN3O4S2. The maximum atomic E-state index is 13.5. The number of aromatic nitrogens is 1. The number of aryl methyl sites for hydroxylation is 1. The van der Waals surface area contributed by atoms with E-state index < -0.39 is 10.0 Å². The van der Waals surface area contributed by atoms with E-state index in [-0.39, 0.29) is 23.5 Å². The average molecular weight is 528 g/mol. The van der Waals surface area contributed by atoms with Crippen molar-refractivity contribution in [3.05, 3.63) is 108 Å². The molecule has 0 saturated heterocycles. The van der Waals surface area contributed by atoms with Crippen molar-refractivity contribution >= 4 is 39.0 Å². The number of hydrogen-bond acceptors (Lipinski definition) is 6. The Balaban J connectivity index is 1.46. The monoisotopic (exact) mass is 527 g/mol. The second-order valence-corrected chi connectivity index (χ2v) is 11.6. The quantitative estimate of drug-likeness (QED) is 0.369. The molecule has 3 heterocycles. The maximum absolute atomic E-state index is 13.5. The van der Waals surface area contributed by atoms with Gasteiger partial charge in [0.25, 0.3) is 5.56 Å². The lowest BCUT2D eigenvalue weighted by Gasteiger charge is -2.21. The highest BCUT2D eigenvalue weighted by Gasteiger charge is 2.26. The highest BCUT2D eigenvalue weighted by Crippen LogP contribution is 2.24. The van der Waals surface area contributed by atoms with E-state index >= 15 is 0 Å². The molecule has 35 heavy (non-hydrogen) atoms. The lowest BCUT2D eigenvalue weighted by molar-refractivity contribution is 0.357. The molecule has 0 spiro atoms. The molecule has 2 aromatic heterocycles. The molecule has 180 valence electrons. The van der Waals surface area contributed by atoms with Gasteiger partial charge in [0.05, 0.1) is 22.5 Å².